The van der Waals surface area contributed by atoms with E-state index in [9.17, 15) is 4.79 Å². The van der Waals surface area contributed by atoms with Gasteiger partial charge >= 0.3 is 0 Å². The van der Waals surface area contributed by atoms with E-state index in [4.69, 9.17) is 29.0 Å². The summed E-state index contributed by atoms with van der Waals surface area (Å²) in [5.41, 5.74) is 0.508. The van der Waals surface area contributed by atoms with E-state index in [1.165, 1.54) is 16.4 Å². The Bertz CT molecular complexity index is 689. The molecule has 1 aromatic carbocycles. The second-order valence-corrected chi connectivity index (χ2v) is 6.61. The molecule has 0 atom stereocenters. The molecule has 0 spiro atoms. The highest BCUT2D eigenvalue weighted by Crippen LogP contribution is 2.26. The zero-order chi connectivity index (χ0) is 16.3. The SMILES string of the molecule is CC(C)c1nnc(SCC(=O)Nc2ccc(Cl)cc2Cl)n1N. The van der Waals surface area contributed by atoms with Crippen LogP contribution in [0, 0.1) is 0 Å². The van der Waals surface area contributed by atoms with Gasteiger partial charge in [-0.25, -0.2) is 4.68 Å². The molecule has 0 aliphatic heterocycles. The van der Waals surface area contributed by atoms with Crippen molar-refractivity contribution in [3.63, 3.8) is 0 Å². The first-order valence-corrected chi connectivity index (χ1v) is 8.20. The Balaban J connectivity index is 1.96. The largest absolute Gasteiger partial charge is 0.336 e. The van der Waals surface area contributed by atoms with E-state index in [0.717, 1.165) is 0 Å². The molecule has 2 rings (SSSR count). The second kappa shape index (κ2) is 7.21. The van der Waals surface area contributed by atoms with Crippen LogP contribution >= 0.6 is 35.0 Å². The van der Waals surface area contributed by atoms with Crippen molar-refractivity contribution in [1.82, 2.24) is 14.9 Å². The van der Waals surface area contributed by atoms with E-state index in [0.29, 0.717) is 26.7 Å². The number of amides is 1. The molecule has 6 nitrogen and oxygen atoms in total. The molecule has 9 heteroatoms. The predicted octanol–water partition coefficient (Wildman–Crippen LogP) is 3.15. The minimum Gasteiger partial charge on any atom is -0.336 e. The Labute approximate surface area is 142 Å². The van der Waals surface area contributed by atoms with Crippen LogP contribution in [0.15, 0.2) is 23.4 Å². The number of benzene rings is 1. The van der Waals surface area contributed by atoms with Gasteiger partial charge in [0.15, 0.2) is 5.82 Å². The Kier molecular flexibility index (Phi) is 5.55. The molecule has 0 bridgehead atoms. The van der Waals surface area contributed by atoms with Gasteiger partial charge in [0.25, 0.3) is 0 Å². The van der Waals surface area contributed by atoms with Gasteiger partial charge in [-0.05, 0) is 18.2 Å². The number of nitrogens with one attached hydrogen (secondary N) is 1. The predicted molar refractivity (Wildman–Crippen MR) is 90.1 cm³/mol. The van der Waals surface area contributed by atoms with Crippen LogP contribution in [0.2, 0.25) is 10.0 Å². The standard InChI is InChI=1S/C13H15Cl2N5OS/c1-7(2)12-18-19-13(20(12)16)22-6-11(21)17-10-4-3-8(14)5-9(10)15/h3-5,7H,6,16H2,1-2H3,(H,17,21). The van der Waals surface area contributed by atoms with E-state index in [2.05, 4.69) is 15.5 Å². The van der Waals surface area contributed by atoms with Gasteiger partial charge in [0.1, 0.15) is 0 Å². The van der Waals surface area contributed by atoms with Crippen molar-refractivity contribution in [3.8, 4) is 0 Å². The highest BCUT2D eigenvalue weighted by molar-refractivity contribution is 7.99. The Morgan fingerprint density at radius 1 is 1.41 bits per heavy atom. The summed E-state index contributed by atoms with van der Waals surface area (Å²) in [7, 11) is 0. The fourth-order valence-electron chi connectivity index (χ4n) is 1.69. The monoisotopic (exact) mass is 359 g/mol. The van der Waals surface area contributed by atoms with Crippen LogP contribution in [-0.4, -0.2) is 26.5 Å². The minimum absolute atomic E-state index is 0.145. The van der Waals surface area contributed by atoms with E-state index >= 15 is 0 Å². The van der Waals surface area contributed by atoms with Crippen LogP contribution in [-0.2, 0) is 4.79 Å². The van der Waals surface area contributed by atoms with Crippen LogP contribution in [0.5, 0.6) is 0 Å². The lowest BCUT2D eigenvalue weighted by Gasteiger charge is -2.08. The average molecular weight is 360 g/mol. The number of carbonyl (C=O) groups is 1. The molecule has 3 N–H and O–H groups in total. The molecule has 118 valence electrons. The lowest BCUT2D eigenvalue weighted by Crippen LogP contribution is -2.17. The highest BCUT2D eigenvalue weighted by atomic mass is 35.5. The Morgan fingerprint density at radius 2 is 2.14 bits per heavy atom. The quantitative estimate of drug-likeness (QED) is 0.632. The van der Waals surface area contributed by atoms with Crippen molar-refractivity contribution in [2.24, 2.45) is 0 Å². The third kappa shape index (κ3) is 4.06. The third-order valence-electron chi connectivity index (χ3n) is 2.74. The summed E-state index contributed by atoms with van der Waals surface area (Å²) in [6.07, 6.45) is 0. The number of nitrogens with zero attached hydrogens (tertiary/aromatic N) is 3. The molecule has 1 heterocycles. The molecule has 0 saturated heterocycles. The molecule has 0 aliphatic rings. The van der Waals surface area contributed by atoms with Gasteiger partial charge in [0, 0.05) is 10.9 Å². The summed E-state index contributed by atoms with van der Waals surface area (Å²) in [5.74, 6) is 6.64. The smallest absolute Gasteiger partial charge is 0.234 e. The summed E-state index contributed by atoms with van der Waals surface area (Å²) >= 11 is 13.0. The lowest BCUT2D eigenvalue weighted by molar-refractivity contribution is -0.113. The maximum Gasteiger partial charge on any atom is 0.234 e. The summed E-state index contributed by atoms with van der Waals surface area (Å²) in [4.78, 5) is 12.0. The topological polar surface area (TPSA) is 85.8 Å². The van der Waals surface area contributed by atoms with Crippen LogP contribution in [0.25, 0.3) is 0 Å². The molecule has 22 heavy (non-hydrogen) atoms. The van der Waals surface area contributed by atoms with E-state index in [-0.39, 0.29) is 17.6 Å². The number of thioether (sulfide) groups is 1. The molecule has 1 amide bonds. The molecule has 1 aromatic heterocycles. The van der Waals surface area contributed by atoms with E-state index in [1.807, 2.05) is 13.8 Å². The number of rotatable bonds is 5. The molecule has 0 aliphatic carbocycles. The number of aromatic nitrogens is 3. The first-order valence-electron chi connectivity index (χ1n) is 6.46. The van der Waals surface area contributed by atoms with E-state index in [1.54, 1.807) is 18.2 Å². The first-order chi connectivity index (χ1) is 10.4. The number of nitrogen functional groups attached to an aromatic ring is 1. The minimum atomic E-state index is -0.219. The molecule has 0 saturated carbocycles. The van der Waals surface area contributed by atoms with Gasteiger partial charge in [-0.2, -0.15) is 0 Å². The molecular weight excluding hydrogens is 345 g/mol. The van der Waals surface area contributed by atoms with Crippen molar-refractivity contribution in [1.29, 1.82) is 0 Å². The number of carbonyl (C=O) groups excluding carboxylic acids is 1. The Hall–Kier alpha value is -1.44. The van der Waals surface area contributed by atoms with Crippen molar-refractivity contribution in [2.75, 3.05) is 16.9 Å². The number of hydrogen-bond donors (Lipinski definition) is 2. The average Bonchev–Trinajstić information content (AvgIpc) is 2.81. The zero-order valence-corrected chi connectivity index (χ0v) is 14.3. The highest BCUT2D eigenvalue weighted by Gasteiger charge is 2.15. The maximum atomic E-state index is 12.0. The number of halogens is 2. The first kappa shape index (κ1) is 16.9. The van der Waals surface area contributed by atoms with Gasteiger partial charge in [-0.3, -0.25) is 4.79 Å². The second-order valence-electron chi connectivity index (χ2n) is 4.83. The maximum absolute atomic E-state index is 12.0. The van der Waals surface area contributed by atoms with Gasteiger partial charge in [-0.15, -0.1) is 10.2 Å². The Morgan fingerprint density at radius 3 is 2.73 bits per heavy atom. The van der Waals surface area contributed by atoms with Crippen LogP contribution < -0.4 is 11.2 Å². The number of nitrogens with two attached hydrogens (primary N) is 1. The molecule has 2 aromatic rings. The van der Waals surface area contributed by atoms with Gasteiger partial charge < -0.3 is 11.2 Å². The normalized spacial score (nSPS) is 11.0. The van der Waals surface area contributed by atoms with E-state index < -0.39 is 0 Å². The van der Waals surface area contributed by atoms with Crippen molar-refractivity contribution in [3.05, 3.63) is 34.1 Å². The molecular formula is C13H15Cl2N5OS. The number of anilines is 1. The van der Waals surface area contributed by atoms with Gasteiger partial charge in [0.2, 0.25) is 11.1 Å². The van der Waals surface area contributed by atoms with Crippen LogP contribution in [0.4, 0.5) is 5.69 Å². The zero-order valence-electron chi connectivity index (χ0n) is 12.0. The fourth-order valence-corrected chi connectivity index (χ4v) is 2.81. The third-order valence-corrected chi connectivity index (χ3v) is 4.24. The summed E-state index contributed by atoms with van der Waals surface area (Å²) < 4.78 is 1.40. The van der Waals surface area contributed by atoms with Crippen molar-refractivity contribution in [2.45, 2.75) is 24.9 Å². The van der Waals surface area contributed by atoms with Gasteiger partial charge in [0.05, 0.1) is 16.5 Å². The summed E-state index contributed by atoms with van der Waals surface area (Å²) in [5, 5.41) is 12.1. The van der Waals surface area contributed by atoms with Crippen molar-refractivity contribution < 1.29 is 4.79 Å². The summed E-state index contributed by atoms with van der Waals surface area (Å²) in [6, 6.07) is 4.87. The van der Waals surface area contributed by atoms with Crippen LogP contribution in [0.1, 0.15) is 25.6 Å². The fraction of sp³-hybridized carbons (Fsp3) is 0.308. The van der Waals surface area contributed by atoms with Gasteiger partial charge in [-0.1, -0.05) is 48.8 Å². The van der Waals surface area contributed by atoms with Crippen LogP contribution in [0.3, 0.4) is 0 Å². The molecule has 0 unspecified atom stereocenters. The van der Waals surface area contributed by atoms with Crippen molar-refractivity contribution >= 4 is 46.6 Å². The molecule has 0 radical (unpaired) electrons. The lowest BCUT2D eigenvalue weighted by atomic mass is 10.2. The number of hydrogen-bond acceptors (Lipinski definition) is 5. The summed E-state index contributed by atoms with van der Waals surface area (Å²) in [6.45, 7) is 3.94. The molecule has 0 fully saturated rings.